The Morgan fingerprint density at radius 2 is 1.09 bits per heavy atom. The van der Waals surface area contributed by atoms with Crippen LogP contribution in [0.5, 0.6) is 11.5 Å². The van der Waals surface area contributed by atoms with Gasteiger partial charge < -0.3 is 37.9 Å². The average Bonchev–Trinajstić information content (AvgIpc) is 3.34. The van der Waals surface area contributed by atoms with E-state index in [0.29, 0.717) is 0 Å². The second-order valence-electron chi connectivity index (χ2n) is 15.2. The van der Waals surface area contributed by atoms with Gasteiger partial charge in [0.1, 0.15) is 41.9 Å². The van der Waals surface area contributed by atoms with Crippen LogP contribution in [0.2, 0.25) is 0 Å². The van der Waals surface area contributed by atoms with Crippen LogP contribution in [0.15, 0.2) is 152 Å². The Hall–Kier alpha value is -7.91. The highest BCUT2D eigenvalue weighted by atomic mass is 19.1. The SMILES string of the molecule is COc1ccc(Cc2c(F)cc(COC(C)=O)cc2O[C@@H]2O[C@H]([C@@H](C)OC(=O)c3ccccc3)[C@@H](OC(=O)c3ccccc3)[C@H](OC(=O)c3ccccc3)[C@H]2OC(=O)c2ccccc2)c(F)c1. The van der Waals surface area contributed by atoms with E-state index in [4.69, 9.17) is 37.9 Å². The molecule has 6 aromatic carbocycles. The van der Waals surface area contributed by atoms with Crippen LogP contribution in [0.4, 0.5) is 8.78 Å². The lowest BCUT2D eigenvalue weighted by Crippen LogP contribution is -2.65. The summed E-state index contributed by atoms with van der Waals surface area (Å²) in [6, 6.07) is 37.8. The van der Waals surface area contributed by atoms with Crippen molar-refractivity contribution in [1.82, 2.24) is 0 Å². The zero-order valence-electron chi connectivity index (χ0n) is 36.4. The largest absolute Gasteiger partial charge is 0.497 e. The molecular weight excluding hydrogens is 871 g/mol. The van der Waals surface area contributed by atoms with Crippen LogP contribution < -0.4 is 9.47 Å². The molecule has 0 saturated carbocycles. The van der Waals surface area contributed by atoms with Gasteiger partial charge in [0, 0.05) is 25.0 Å². The number of hydrogen-bond donors (Lipinski definition) is 0. The molecule has 15 heteroatoms. The maximum Gasteiger partial charge on any atom is 0.338 e. The van der Waals surface area contributed by atoms with Crippen LogP contribution in [0.1, 0.15) is 72.0 Å². The van der Waals surface area contributed by atoms with Gasteiger partial charge in [0.2, 0.25) is 12.4 Å². The van der Waals surface area contributed by atoms with Crippen molar-refractivity contribution in [3.8, 4) is 11.5 Å². The number of benzene rings is 6. The number of carbonyl (C=O) groups excluding carboxylic acids is 5. The van der Waals surface area contributed by atoms with Gasteiger partial charge in [0.15, 0.2) is 12.2 Å². The molecule has 1 aliphatic heterocycles. The first kappa shape index (κ1) is 47.1. The minimum atomic E-state index is -1.90. The highest BCUT2D eigenvalue weighted by Crippen LogP contribution is 2.37. The molecule has 344 valence electrons. The van der Waals surface area contributed by atoms with E-state index in [1.54, 1.807) is 72.8 Å². The van der Waals surface area contributed by atoms with Crippen molar-refractivity contribution in [1.29, 1.82) is 0 Å². The van der Waals surface area contributed by atoms with Crippen LogP contribution in [0.3, 0.4) is 0 Å². The normalized spacial score (nSPS) is 18.1. The second kappa shape index (κ2) is 21.8. The lowest BCUT2D eigenvalue weighted by molar-refractivity contribution is -0.284. The molecule has 0 radical (unpaired) electrons. The molecule has 0 amide bonds. The fraction of sp³-hybridized carbons (Fsp3) is 0.212. The number of methoxy groups -OCH3 is 1. The Morgan fingerprint density at radius 1 is 0.597 bits per heavy atom. The maximum absolute atomic E-state index is 16.5. The van der Waals surface area contributed by atoms with Gasteiger partial charge >= 0.3 is 29.8 Å². The number of halogens is 2. The quantitative estimate of drug-likeness (QED) is 0.0672. The van der Waals surface area contributed by atoms with Gasteiger partial charge in [0.25, 0.3) is 0 Å². The van der Waals surface area contributed by atoms with Gasteiger partial charge in [-0.3, -0.25) is 4.79 Å². The molecule has 0 bridgehead atoms. The predicted octanol–water partition coefficient (Wildman–Crippen LogP) is 8.65. The molecule has 0 aliphatic carbocycles. The smallest absolute Gasteiger partial charge is 0.338 e. The molecule has 1 heterocycles. The lowest BCUT2D eigenvalue weighted by atomic mass is 9.94. The van der Waals surface area contributed by atoms with Crippen molar-refractivity contribution in [3.63, 3.8) is 0 Å². The number of hydrogen-bond acceptors (Lipinski definition) is 13. The van der Waals surface area contributed by atoms with E-state index in [2.05, 4.69) is 0 Å². The number of carbonyl (C=O) groups is 5. The molecule has 6 atom stereocenters. The first-order valence-corrected chi connectivity index (χ1v) is 21.0. The summed E-state index contributed by atoms with van der Waals surface area (Å²) in [5, 5.41) is 0. The van der Waals surface area contributed by atoms with Gasteiger partial charge in [-0.2, -0.15) is 0 Å². The van der Waals surface area contributed by atoms with Gasteiger partial charge in [-0.15, -0.1) is 0 Å². The first-order chi connectivity index (χ1) is 32.4. The predicted molar refractivity (Wildman–Crippen MR) is 235 cm³/mol. The Bertz CT molecular complexity index is 2680. The highest BCUT2D eigenvalue weighted by Gasteiger charge is 2.56. The number of esters is 5. The summed E-state index contributed by atoms with van der Waals surface area (Å²) in [7, 11) is 1.36. The fourth-order valence-electron chi connectivity index (χ4n) is 7.20. The molecule has 7 rings (SSSR count). The second-order valence-corrected chi connectivity index (χ2v) is 15.2. The van der Waals surface area contributed by atoms with Gasteiger partial charge in [-0.1, -0.05) is 78.9 Å². The van der Waals surface area contributed by atoms with E-state index in [1.165, 1.54) is 87.7 Å². The van der Waals surface area contributed by atoms with Crippen LogP contribution in [0.25, 0.3) is 0 Å². The van der Waals surface area contributed by atoms with Crippen molar-refractivity contribution in [2.24, 2.45) is 0 Å². The third kappa shape index (κ3) is 11.9. The van der Waals surface area contributed by atoms with E-state index in [-0.39, 0.29) is 50.4 Å². The van der Waals surface area contributed by atoms with E-state index in [9.17, 15) is 24.0 Å². The molecule has 13 nitrogen and oxygen atoms in total. The van der Waals surface area contributed by atoms with Gasteiger partial charge in [-0.05, 0) is 84.8 Å². The van der Waals surface area contributed by atoms with Gasteiger partial charge in [0.05, 0.1) is 29.4 Å². The van der Waals surface area contributed by atoms with Crippen molar-refractivity contribution in [2.75, 3.05) is 7.11 Å². The molecule has 0 N–H and O–H groups in total. The number of ether oxygens (including phenoxy) is 8. The topological polar surface area (TPSA) is 159 Å². The van der Waals surface area contributed by atoms with Crippen LogP contribution >= 0.6 is 0 Å². The van der Waals surface area contributed by atoms with Crippen LogP contribution in [0, 0.1) is 11.6 Å². The van der Waals surface area contributed by atoms with E-state index >= 15 is 8.78 Å². The summed E-state index contributed by atoms with van der Waals surface area (Å²) in [5.41, 5.74) is 0.238. The Labute approximate surface area is 384 Å². The Balaban J connectivity index is 1.39. The minimum Gasteiger partial charge on any atom is -0.497 e. The zero-order chi connectivity index (χ0) is 47.5. The highest BCUT2D eigenvalue weighted by molar-refractivity contribution is 5.91. The molecule has 1 fully saturated rings. The van der Waals surface area contributed by atoms with Crippen LogP contribution in [-0.4, -0.2) is 73.8 Å². The third-order valence-electron chi connectivity index (χ3n) is 10.6. The van der Waals surface area contributed by atoms with E-state index in [1.807, 2.05) is 0 Å². The van der Waals surface area contributed by atoms with Crippen molar-refractivity contribution in [3.05, 3.63) is 202 Å². The molecule has 0 spiro atoms. The molecule has 1 aliphatic rings. The average molecular weight is 915 g/mol. The zero-order valence-corrected chi connectivity index (χ0v) is 36.4. The molecule has 6 aromatic rings. The molecule has 0 unspecified atom stereocenters. The summed E-state index contributed by atoms with van der Waals surface area (Å²) in [5.74, 6) is -6.05. The van der Waals surface area contributed by atoms with Crippen molar-refractivity contribution < 1.29 is 70.6 Å². The van der Waals surface area contributed by atoms with Crippen molar-refractivity contribution in [2.45, 2.75) is 63.7 Å². The van der Waals surface area contributed by atoms with Crippen molar-refractivity contribution >= 4 is 29.8 Å². The summed E-state index contributed by atoms with van der Waals surface area (Å²) < 4.78 is 79.9. The Morgan fingerprint density at radius 3 is 1.58 bits per heavy atom. The summed E-state index contributed by atoms with van der Waals surface area (Å²) in [4.78, 5) is 67.8. The van der Waals surface area contributed by atoms with E-state index in [0.717, 1.165) is 12.1 Å². The maximum atomic E-state index is 16.5. The summed E-state index contributed by atoms with van der Waals surface area (Å²) in [6.45, 7) is 2.19. The summed E-state index contributed by atoms with van der Waals surface area (Å²) in [6.07, 6.45) is -10.6. The fourth-order valence-corrected chi connectivity index (χ4v) is 7.20. The molecular formula is C52H44F2O13. The summed E-state index contributed by atoms with van der Waals surface area (Å²) >= 11 is 0. The van der Waals surface area contributed by atoms with Gasteiger partial charge in [-0.25, -0.2) is 28.0 Å². The minimum absolute atomic E-state index is 0.0239. The Kier molecular flexibility index (Phi) is 15.3. The van der Waals surface area contributed by atoms with Crippen LogP contribution in [-0.2, 0) is 46.2 Å². The standard InChI is InChI=1S/C52H44F2O13/c1-31(62-48(56)34-16-8-4-9-17-34)44-45(64-49(57)35-18-10-5-11-19-35)46(65-50(58)36-20-12-6-13-21-36)47(66-51(59)37-22-14-7-15-23-37)52(67-44)63-43-27-33(30-61-32(2)55)26-42(54)40(43)28-38-24-25-39(60-3)29-41(38)53/h4-27,29,31,44-47,52H,28,30H2,1-3H3/t31-,44-,45-,46+,47-,52-/m1/s1. The van der Waals surface area contributed by atoms with E-state index < -0.39 is 91.3 Å². The molecule has 1 saturated heterocycles. The third-order valence-corrected chi connectivity index (χ3v) is 10.6. The molecule has 67 heavy (non-hydrogen) atoms. The lowest BCUT2D eigenvalue weighted by Gasteiger charge is -2.45. The molecule has 0 aromatic heterocycles. The first-order valence-electron chi connectivity index (χ1n) is 21.0. The monoisotopic (exact) mass is 914 g/mol. The number of rotatable bonds is 16.